The Morgan fingerprint density at radius 1 is 1.22 bits per heavy atom. The molecule has 1 N–H and O–H groups in total. The predicted octanol–water partition coefficient (Wildman–Crippen LogP) is 2.37. The third-order valence-electron chi connectivity index (χ3n) is 0.967. The van der Waals surface area contributed by atoms with E-state index in [2.05, 4.69) is 0 Å². The fourth-order valence-corrected chi connectivity index (χ4v) is 1.13. The minimum atomic E-state index is -1.55. The number of aliphatic hydroxyl groups is 1. The van der Waals surface area contributed by atoms with Crippen LogP contribution >= 0.6 is 34.8 Å². The quantitative estimate of drug-likeness (QED) is 0.631. The minimum absolute atomic E-state index is 0.0301. The second-order valence-corrected chi connectivity index (χ2v) is 4.60. The van der Waals surface area contributed by atoms with Crippen LogP contribution in [-0.2, 0) is 0 Å². The van der Waals surface area contributed by atoms with Gasteiger partial charge < -0.3 is 5.11 Å². The van der Waals surface area contributed by atoms with E-state index in [9.17, 15) is 0 Å². The van der Waals surface area contributed by atoms with E-state index < -0.39 is 9.90 Å². The fraction of sp³-hybridized carbons (Fsp3) is 1.00. The Kier molecular flexibility index (Phi) is 3.59. The zero-order valence-electron chi connectivity index (χ0n) is 5.24. The molecule has 4 heteroatoms. The van der Waals surface area contributed by atoms with Crippen molar-refractivity contribution < 1.29 is 5.11 Å². The average Bonchev–Trinajstić information content (AvgIpc) is 1.62. The Morgan fingerprint density at radius 2 is 1.56 bits per heavy atom. The summed E-state index contributed by atoms with van der Waals surface area (Å²) in [4.78, 5) is 0. The molecule has 0 aromatic heterocycles. The van der Waals surface area contributed by atoms with Gasteiger partial charge in [0.15, 0.2) is 0 Å². The summed E-state index contributed by atoms with van der Waals surface area (Å²) in [5.74, 6) is -0.0301. The fourth-order valence-electron chi connectivity index (χ4n) is 0.378. The molecule has 0 fully saturated rings. The molecule has 0 saturated heterocycles. The first-order chi connectivity index (χ1) is 3.85. The molecule has 0 aliphatic heterocycles. The Labute approximate surface area is 69.9 Å². The van der Waals surface area contributed by atoms with Crippen molar-refractivity contribution >= 4 is 34.8 Å². The molecular weight excluding hydrogens is 182 g/mol. The molecule has 0 amide bonds. The van der Waals surface area contributed by atoms with E-state index in [4.69, 9.17) is 39.9 Å². The monoisotopic (exact) mass is 190 g/mol. The van der Waals surface area contributed by atoms with Crippen LogP contribution < -0.4 is 0 Å². The zero-order chi connectivity index (χ0) is 7.65. The maximum atomic E-state index is 9.07. The first-order valence-corrected chi connectivity index (χ1v) is 3.74. The van der Waals surface area contributed by atoms with Gasteiger partial charge >= 0.3 is 0 Å². The maximum absolute atomic E-state index is 9.07. The maximum Gasteiger partial charge on any atom is 0.216 e. The smallest absolute Gasteiger partial charge is 0.216 e. The molecule has 1 unspecified atom stereocenters. The Hall–Kier alpha value is 0.830. The van der Waals surface area contributed by atoms with Gasteiger partial charge in [-0.1, -0.05) is 48.7 Å². The van der Waals surface area contributed by atoms with Crippen LogP contribution in [0.3, 0.4) is 0 Å². The van der Waals surface area contributed by atoms with Crippen molar-refractivity contribution in [2.75, 3.05) is 0 Å². The van der Waals surface area contributed by atoms with Crippen molar-refractivity contribution in [2.24, 2.45) is 5.92 Å². The first kappa shape index (κ1) is 9.83. The second kappa shape index (κ2) is 3.29. The Morgan fingerprint density at radius 3 is 1.56 bits per heavy atom. The number of hydrogen-bond acceptors (Lipinski definition) is 1. The summed E-state index contributed by atoms with van der Waals surface area (Å²) in [5.41, 5.74) is 0. The van der Waals surface area contributed by atoms with Gasteiger partial charge in [0.1, 0.15) is 6.10 Å². The van der Waals surface area contributed by atoms with Crippen molar-refractivity contribution in [3.8, 4) is 0 Å². The minimum Gasteiger partial charge on any atom is -0.388 e. The van der Waals surface area contributed by atoms with Gasteiger partial charge in [0, 0.05) is 0 Å². The third-order valence-corrected chi connectivity index (χ3v) is 1.64. The molecule has 0 aliphatic rings. The van der Waals surface area contributed by atoms with Crippen LogP contribution in [0, 0.1) is 5.92 Å². The Balaban J connectivity index is 3.88. The van der Waals surface area contributed by atoms with Crippen molar-refractivity contribution in [2.45, 2.75) is 23.7 Å². The van der Waals surface area contributed by atoms with E-state index in [1.807, 2.05) is 0 Å². The van der Waals surface area contributed by atoms with E-state index in [1.165, 1.54) is 0 Å². The van der Waals surface area contributed by atoms with Crippen molar-refractivity contribution in [1.29, 1.82) is 0 Å². The van der Waals surface area contributed by atoms with Gasteiger partial charge in [-0.25, -0.2) is 0 Å². The molecule has 0 rings (SSSR count). The molecule has 9 heavy (non-hydrogen) atoms. The number of rotatable bonds is 1. The van der Waals surface area contributed by atoms with Crippen LogP contribution in [0.5, 0.6) is 0 Å². The summed E-state index contributed by atoms with van der Waals surface area (Å²) >= 11 is 16.1. The summed E-state index contributed by atoms with van der Waals surface area (Å²) in [6.07, 6.45) is -0.887. The van der Waals surface area contributed by atoms with E-state index in [0.29, 0.717) is 0 Å². The highest BCUT2D eigenvalue weighted by Crippen LogP contribution is 2.33. The van der Waals surface area contributed by atoms with Gasteiger partial charge in [-0.05, 0) is 5.92 Å². The van der Waals surface area contributed by atoms with Crippen LogP contribution in [0.1, 0.15) is 13.8 Å². The summed E-state index contributed by atoms with van der Waals surface area (Å²) in [7, 11) is 0. The van der Waals surface area contributed by atoms with E-state index in [-0.39, 0.29) is 5.92 Å². The van der Waals surface area contributed by atoms with Gasteiger partial charge in [0.2, 0.25) is 3.79 Å². The highest BCUT2D eigenvalue weighted by molar-refractivity contribution is 6.68. The van der Waals surface area contributed by atoms with E-state index >= 15 is 0 Å². The molecule has 56 valence electrons. The van der Waals surface area contributed by atoms with Crippen molar-refractivity contribution in [3.05, 3.63) is 0 Å². The second-order valence-electron chi connectivity index (χ2n) is 2.23. The number of halogens is 3. The largest absolute Gasteiger partial charge is 0.388 e. The molecule has 0 aliphatic carbocycles. The molecule has 0 aromatic carbocycles. The normalized spacial score (nSPS) is 16.3. The molecule has 0 saturated carbocycles. The highest BCUT2D eigenvalue weighted by atomic mass is 35.6. The topological polar surface area (TPSA) is 20.2 Å². The molecule has 0 radical (unpaired) electrons. The molecular formula is C5H9Cl3O. The molecule has 1 atom stereocenters. The zero-order valence-corrected chi connectivity index (χ0v) is 7.50. The van der Waals surface area contributed by atoms with Gasteiger partial charge in [0.05, 0.1) is 0 Å². The summed E-state index contributed by atoms with van der Waals surface area (Å²) < 4.78 is -1.55. The van der Waals surface area contributed by atoms with Crippen molar-refractivity contribution in [3.63, 3.8) is 0 Å². The van der Waals surface area contributed by atoms with Gasteiger partial charge in [0.25, 0.3) is 0 Å². The van der Waals surface area contributed by atoms with Gasteiger partial charge in [-0.2, -0.15) is 0 Å². The van der Waals surface area contributed by atoms with Crippen LogP contribution in [-0.4, -0.2) is 15.0 Å². The van der Waals surface area contributed by atoms with Crippen LogP contribution in [0.15, 0.2) is 0 Å². The predicted molar refractivity (Wildman–Crippen MR) is 41.1 cm³/mol. The lowest BCUT2D eigenvalue weighted by molar-refractivity contribution is 0.129. The molecule has 0 heterocycles. The standard InChI is InChI=1S/C5H9Cl3O/c1-3(2)4(9)5(6,7)8/h3-4,9H,1-2H3. The summed E-state index contributed by atoms with van der Waals surface area (Å²) in [6.45, 7) is 3.57. The lowest BCUT2D eigenvalue weighted by Gasteiger charge is -2.21. The van der Waals surface area contributed by atoms with Gasteiger partial charge in [-0.15, -0.1) is 0 Å². The lowest BCUT2D eigenvalue weighted by atomic mass is 10.1. The number of alkyl halides is 3. The third kappa shape index (κ3) is 3.51. The molecule has 0 bridgehead atoms. The molecule has 1 nitrogen and oxygen atoms in total. The SMILES string of the molecule is CC(C)C(O)C(Cl)(Cl)Cl. The van der Waals surface area contributed by atoms with Crippen LogP contribution in [0.2, 0.25) is 0 Å². The Bertz CT molecular complexity index is 86.7. The summed E-state index contributed by atoms with van der Waals surface area (Å²) in [5, 5.41) is 9.07. The molecule has 0 spiro atoms. The average molecular weight is 191 g/mol. The molecule has 0 aromatic rings. The first-order valence-electron chi connectivity index (χ1n) is 2.60. The van der Waals surface area contributed by atoms with Crippen LogP contribution in [0.4, 0.5) is 0 Å². The van der Waals surface area contributed by atoms with Crippen LogP contribution in [0.25, 0.3) is 0 Å². The number of aliphatic hydroxyl groups excluding tert-OH is 1. The van der Waals surface area contributed by atoms with Gasteiger partial charge in [-0.3, -0.25) is 0 Å². The highest BCUT2D eigenvalue weighted by Gasteiger charge is 2.32. The van der Waals surface area contributed by atoms with E-state index in [0.717, 1.165) is 0 Å². The number of hydrogen-bond donors (Lipinski definition) is 1. The summed E-state index contributed by atoms with van der Waals surface area (Å²) in [6, 6.07) is 0. The lowest BCUT2D eigenvalue weighted by Crippen LogP contribution is -2.30. The van der Waals surface area contributed by atoms with Crippen molar-refractivity contribution in [1.82, 2.24) is 0 Å². The van der Waals surface area contributed by atoms with E-state index in [1.54, 1.807) is 13.8 Å².